The predicted octanol–water partition coefficient (Wildman–Crippen LogP) is 4.43. The SMILES string of the molecule is COC(C)c1c(C)nn(-c2cc(Cc3nn(C)c(-c4ccc(F)cc4)c3C)ncn2)c1C. The van der Waals surface area contributed by atoms with Gasteiger partial charge in [0.1, 0.15) is 12.1 Å². The molecule has 1 aromatic carbocycles. The molecule has 0 spiro atoms. The summed E-state index contributed by atoms with van der Waals surface area (Å²) in [4.78, 5) is 8.90. The van der Waals surface area contributed by atoms with Crippen LogP contribution in [-0.2, 0) is 18.2 Å². The van der Waals surface area contributed by atoms with Crippen molar-refractivity contribution >= 4 is 0 Å². The van der Waals surface area contributed by atoms with Gasteiger partial charge in [0.05, 0.1) is 28.9 Å². The summed E-state index contributed by atoms with van der Waals surface area (Å²) in [5.74, 6) is 0.451. The van der Waals surface area contributed by atoms with E-state index in [4.69, 9.17) is 9.84 Å². The molecular weight excluding hydrogens is 407 g/mol. The molecule has 4 aromatic rings. The minimum absolute atomic E-state index is 0.0499. The van der Waals surface area contributed by atoms with Gasteiger partial charge in [-0.25, -0.2) is 19.0 Å². The molecule has 3 heterocycles. The molecule has 166 valence electrons. The minimum atomic E-state index is -0.255. The Morgan fingerprint density at radius 2 is 1.78 bits per heavy atom. The summed E-state index contributed by atoms with van der Waals surface area (Å²) in [5, 5.41) is 9.38. The van der Waals surface area contributed by atoms with Gasteiger partial charge in [0.25, 0.3) is 0 Å². The third-order valence-electron chi connectivity index (χ3n) is 5.88. The van der Waals surface area contributed by atoms with Crippen molar-refractivity contribution in [3.8, 4) is 17.1 Å². The summed E-state index contributed by atoms with van der Waals surface area (Å²) < 4.78 is 22.5. The standard InChI is InChI=1S/C24H27FN6O/c1-14-21(29-30(5)24(14)18-7-9-19(25)10-8-18)11-20-12-22(27-13-26-20)31-16(3)23(15(2)28-31)17(4)32-6/h7-10,12-13,17H,11H2,1-6H3. The fourth-order valence-corrected chi connectivity index (χ4v) is 4.22. The molecule has 0 saturated carbocycles. The Balaban J connectivity index is 1.66. The summed E-state index contributed by atoms with van der Waals surface area (Å²) in [6.07, 6.45) is 2.06. The molecule has 7 nitrogen and oxygen atoms in total. The van der Waals surface area contributed by atoms with Gasteiger partial charge in [0.2, 0.25) is 0 Å². The Morgan fingerprint density at radius 1 is 1.06 bits per heavy atom. The molecular formula is C24H27FN6O. The summed E-state index contributed by atoms with van der Waals surface area (Å²) in [7, 11) is 3.59. The van der Waals surface area contributed by atoms with E-state index < -0.39 is 0 Å². The maximum absolute atomic E-state index is 13.3. The molecule has 0 radical (unpaired) electrons. The van der Waals surface area contributed by atoms with Crippen molar-refractivity contribution in [1.82, 2.24) is 29.5 Å². The second-order valence-electron chi connectivity index (χ2n) is 7.97. The second kappa shape index (κ2) is 8.63. The summed E-state index contributed by atoms with van der Waals surface area (Å²) in [5.41, 5.74) is 7.67. The number of aryl methyl sites for hydroxylation is 2. The summed E-state index contributed by atoms with van der Waals surface area (Å²) >= 11 is 0. The number of hydrogen-bond acceptors (Lipinski definition) is 5. The first-order valence-electron chi connectivity index (χ1n) is 10.5. The Bertz CT molecular complexity index is 1260. The maximum Gasteiger partial charge on any atom is 0.157 e. The summed E-state index contributed by atoms with van der Waals surface area (Å²) in [6.45, 7) is 8.03. The monoisotopic (exact) mass is 434 g/mol. The van der Waals surface area contributed by atoms with E-state index in [1.54, 1.807) is 25.6 Å². The average Bonchev–Trinajstić information content (AvgIpc) is 3.23. The van der Waals surface area contributed by atoms with Crippen LogP contribution in [0.25, 0.3) is 17.1 Å². The number of benzene rings is 1. The van der Waals surface area contributed by atoms with Crippen molar-refractivity contribution in [1.29, 1.82) is 0 Å². The first kappa shape index (κ1) is 21.8. The van der Waals surface area contributed by atoms with Crippen LogP contribution in [0.5, 0.6) is 0 Å². The molecule has 8 heteroatoms. The second-order valence-corrected chi connectivity index (χ2v) is 7.97. The molecule has 0 saturated heterocycles. The molecule has 1 unspecified atom stereocenters. The molecule has 0 bridgehead atoms. The largest absolute Gasteiger partial charge is 0.377 e. The van der Waals surface area contributed by atoms with Crippen LogP contribution >= 0.6 is 0 Å². The number of ether oxygens (including phenoxy) is 1. The highest BCUT2D eigenvalue weighted by Gasteiger charge is 2.20. The molecule has 0 aliphatic rings. The van der Waals surface area contributed by atoms with E-state index in [9.17, 15) is 4.39 Å². The van der Waals surface area contributed by atoms with E-state index in [-0.39, 0.29) is 11.9 Å². The van der Waals surface area contributed by atoms with Crippen molar-refractivity contribution in [3.05, 3.63) is 76.4 Å². The topological polar surface area (TPSA) is 70.7 Å². The lowest BCUT2D eigenvalue weighted by Gasteiger charge is -2.10. The highest BCUT2D eigenvalue weighted by atomic mass is 19.1. The van der Waals surface area contributed by atoms with Gasteiger partial charge in [-0.3, -0.25) is 4.68 Å². The molecule has 0 N–H and O–H groups in total. The average molecular weight is 435 g/mol. The van der Waals surface area contributed by atoms with Gasteiger partial charge in [0, 0.05) is 43.5 Å². The number of hydrogen-bond donors (Lipinski definition) is 0. The van der Waals surface area contributed by atoms with Crippen LogP contribution in [0.15, 0.2) is 36.7 Å². The summed E-state index contributed by atoms with van der Waals surface area (Å²) in [6, 6.07) is 8.41. The molecule has 32 heavy (non-hydrogen) atoms. The van der Waals surface area contributed by atoms with Crippen molar-refractivity contribution in [2.24, 2.45) is 7.05 Å². The van der Waals surface area contributed by atoms with Crippen molar-refractivity contribution < 1.29 is 9.13 Å². The lowest BCUT2D eigenvalue weighted by molar-refractivity contribution is 0.118. The van der Waals surface area contributed by atoms with Gasteiger partial charge < -0.3 is 4.74 Å². The van der Waals surface area contributed by atoms with Crippen LogP contribution < -0.4 is 0 Å². The van der Waals surface area contributed by atoms with Gasteiger partial charge in [-0.1, -0.05) is 0 Å². The molecule has 3 aromatic heterocycles. The molecule has 0 fully saturated rings. The van der Waals surface area contributed by atoms with E-state index in [1.807, 2.05) is 50.2 Å². The molecule has 0 aliphatic heterocycles. The highest BCUT2D eigenvalue weighted by molar-refractivity contribution is 5.64. The van der Waals surface area contributed by atoms with Crippen LogP contribution in [0, 0.1) is 26.6 Å². The van der Waals surface area contributed by atoms with Crippen LogP contribution in [0.3, 0.4) is 0 Å². The molecule has 0 aliphatic carbocycles. The predicted molar refractivity (Wildman–Crippen MR) is 120 cm³/mol. The van der Waals surface area contributed by atoms with Crippen LogP contribution in [0.1, 0.15) is 46.9 Å². The van der Waals surface area contributed by atoms with E-state index in [0.717, 1.165) is 45.2 Å². The Labute approximate surface area is 186 Å². The van der Waals surface area contributed by atoms with Crippen molar-refractivity contribution in [2.45, 2.75) is 40.2 Å². The lowest BCUT2D eigenvalue weighted by atomic mass is 10.0. The number of methoxy groups -OCH3 is 1. The minimum Gasteiger partial charge on any atom is -0.377 e. The first-order valence-corrected chi connectivity index (χ1v) is 10.5. The quantitative estimate of drug-likeness (QED) is 0.449. The zero-order chi connectivity index (χ0) is 23.0. The third-order valence-corrected chi connectivity index (χ3v) is 5.88. The van der Waals surface area contributed by atoms with Crippen molar-refractivity contribution in [2.75, 3.05) is 7.11 Å². The number of nitrogens with zero attached hydrogens (tertiary/aromatic N) is 6. The smallest absolute Gasteiger partial charge is 0.157 e. The lowest BCUT2D eigenvalue weighted by Crippen LogP contribution is -2.06. The number of aromatic nitrogens is 6. The number of halogens is 1. The number of rotatable bonds is 6. The van der Waals surface area contributed by atoms with E-state index >= 15 is 0 Å². The third kappa shape index (κ3) is 3.93. The highest BCUT2D eigenvalue weighted by Crippen LogP contribution is 2.28. The van der Waals surface area contributed by atoms with Crippen LogP contribution in [-0.4, -0.2) is 36.6 Å². The zero-order valence-corrected chi connectivity index (χ0v) is 19.2. The zero-order valence-electron chi connectivity index (χ0n) is 19.2. The van der Waals surface area contributed by atoms with Gasteiger partial charge in [-0.05, 0) is 57.5 Å². The Hall–Kier alpha value is -3.39. The van der Waals surface area contributed by atoms with Gasteiger partial charge in [-0.15, -0.1) is 0 Å². The molecule has 1 atom stereocenters. The Kier molecular flexibility index (Phi) is 5.88. The van der Waals surface area contributed by atoms with E-state index in [2.05, 4.69) is 15.1 Å². The van der Waals surface area contributed by atoms with Crippen LogP contribution in [0.2, 0.25) is 0 Å². The van der Waals surface area contributed by atoms with Gasteiger partial charge >= 0.3 is 0 Å². The Morgan fingerprint density at radius 3 is 2.47 bits per heavy atom. The fourth-order valence-electron chi connectivity index (χ4n) is 4.22. The normalized spacial score (nSPS) is 12.3. The van der Waals surface area contributed by atoms with Gasteiger partial charge in [0.15, 0.2) is 5.82 Å². The van der Waals surface area contributed by atoms with E-state index in [0.29, 0.717) is 12.2 Å². The fraction of sp³-hybridized carbons (Fsp3) is 0.333. The molecule has 0 amide bonds. The van der Waals surface area contributed by atoms with Crippen LogP contribution in [0.4, 0.5) is 4.39 Å². The van der Waals surface area contributed by atoms with Gasteiger partial charge in [-0.2, -0.15) is 10.2 Å². The first-order chi connectivity index (χ1) is 15.3. The van der Waals surface area contributed by atoms with Crippen molar-refractivity contribution in [3.63, 3.8) is 0 Å². The van der Waals surface area contributed by atoms with E-state index in [1.165, 1.54) is 12.1 Å². The maximum atomic E-state index is 13.3. The molecule has 4 rings (SSSR count).